The molecule has 0 aliphatic carbocycles. The third-order valence-electron chi connectivity index (χ3n) is 2.45. The van der Waals surface area contributed by atoms with Crippen LogP contribution in [0.5, 0.6) is 0 Å². The Bertz CT molecular complexity index is 334. The summed E-state index contributed by atoms with van der Waals surface area (Å²) in [5, 5.41) is 11.1. The number of nitrogens with zero attached hydrogens (tertiary/aromatic N) is 2. The zero-order valence-electron chi connectivity index (χ0n) is 10.9. The summed E-state index contributed by atoms with van der Waals surface area (Å²) in [6.07, 6.45) is 2.80. The normalized spacial score (nSPS) is 13.2. The fourth-order valence-electron chi connectivity index (χ4n) is 1.41. The number of carbonyl (C=O) groups excluding carboxylic acids is 1. The number of urea groups is 1. The molecule has 0 heterocycles. The summed E-state index contributed by atoms with van der Waals surface area (Å²) < 4.78 is 0. The molecular formula is C11H22N4O2. The fourth-order valence-corrected chi connectivity index (χ4v) is 1.41. The van der Waals surface area contributed by atoms with Gasteiger partial charge in [-0.3, -0.25) is 5.01 Å². The summed E-state index contributed by atoms with van der Waals surface area (Å²) in [5.74, 6) is 11.0. The van der Waals surface area contributed by atoms with Gasteiger partial charge >= 0.3 is 6.03 Å². The van der Waals surface area contributed by atoms with E-state index in [1.165, 1.54) is 7.05 Å². The molecule has 0 radical (unpaired) electrons. The number of rotatable bonds is 4. The van der Waals surface area contributed by atoms with Crippen LogP contribution in [0, 0.1) is 0 Å². The number of amides is 2. The van der Waals surface area contributed by atoms with Gasteiger partial charge < -0.3 is 5.11 Å². The molecule has 0 bridgehead atoms. The monoisotopic (exact) mass is 242 g/mol. The van der Waals surface area contributed by atoms with Crippen LogP contribution in [0.3, 0.4) is 0 Å². The van der Waals surface area contributed by atoms with Crippen molar-refractivity contribution < 1.29 is 9.90 Å². The number of aliphatic hydroxyl groups is 1. The highest BCUT2D eigenvalue weighted by Gasteiger charge is 2.17. The third-order valence-corrected chi connectivity index (χ3v) is 2.45. The molecule has 0 rings (SSSR count). The number of allylic oxidation sites excluding steroid dienone is 2. The molecule has 2 amide bonds. The Morgan fingerprint density at radius 3 is 2.24 bits per heavy atom. The SMILES string of the molecule is CC/C=C(C)\C(CO)=C(/C)N(N)C(=O)N(C)N. The van der Waals surface area contributed by atoms with E-state index < -0.39 is 6.03 Å². The average Bonchev–Trinajstić information content (AvgIpc) is 2.28. The molecule has 0 saturated carbocycles. The van der Waals surface area contributed by atoms with Gasteiger partial charge in [0, 0.05) is 18.3 Å². The topological polar surface area (TPSA) is 95.8 Å². The molecule has 0 aromatic heterocycles. The maximum Gasteiger partial charge on any atom is 0.352 e. The first-order chi connectivity index (χ1) is 7.86. The van der Waals surface area contributed by atoms with Crippen molar-refractivity contribution in [1.82, 2.24) is 10.0 Å². The van der Waals surface area contributed by atoms with Gasteiger partial charge in [0.05, 0.1) is 6.61 Å². The van der Waals surface area contributed by atoms with Crippen molar-refractivity contribution >= 4 is 6.03 Å². The smallest absolute Gasteiger partial charge is 0.352 e. The van der Waals surface area contributed by atoms with E-state index in [0.29, 0.717) is 11.3 Å². The van der Waals surface area contributed by atoms with Crippen LogP contribution in [-0.4, -0.2) is 34.8 Å². The van der Waals surface area contributed by atoms with Gasteiger partial charge in [0.15, 0.2) is 0 Å². The predicted octanol–water partition coefficient (Wildman–Crippen LogP) is 0.710. The van der Waals surface area contributed by atoms with Gasteiger partial charge in [0.1, 0.15) is 0 Å². The molecule has 0 fully saturated rings. The number of hydrazine groups is 2. The standard InChI is InChI=1S/C11H22N4O2/c1-5-6-8(2)10(7-16)9(3)15(13)11(17)14(4)12/h6,16H,5,7,12-13H2,1-4H3/b8-6-,10-9+. The molecule has 0 spiro atoms. The lowest BCUT2D eigenvalue weighted by atomic mass is 10.1. The van der Waals surface area contributed by atoms with E-state index in [1.54, 1.807) is 6.92 Å². The van der Waals surface area contributed by atoms with E-state index >= 15 is 0 Å². The van der Waals surface area contributed by atoms with Crippen molar-refractivity contribution in [1.29, 1.82) is 0 Å². The van der Waals surface area contributed by atoms with Gasteiger partial charge in [0.25, 0.3) is 0 Å². The molecule has 0 aliphatic heterocycles. The second kappa shape index (κ2) is 7.05. The van der Waals surface area contributed by atoms with E-state index in [2.05, 4.69) is 0 Å². The Balaban J connectivity index is 5.24. The fraction of sp³-hybridized carbons (Fsp3) is 0.545. The maximum atomic E-state index is 11.6. The molecular weight excluding hydrogens is 220 g/mol. The molecule has 0 aromatic carbocycles. The van der Waals surface area contributed by atoms with E-state index in [1.807, 2.05) is 19.9 Å². The van der Waals surface area contributed by atoms with Gasteiger partial charge in [-0.2, -0.15) is 0 Å². The summed E-state index contributed by atoms with van der Waals surface area (Å²) in [5.41, 5.74) is 2.01. The number of nitrogens with two attached hydrogens (primary N) is 2. The molecule has 0 aliphatic rings. The lowest BCUT2D eigenvalue weighted by Gasteiger charge is -2.23. The minimum atomic E-state index is -0.544. The van der Waals surface area contributed by atoms with Gasteiger partial charge in [-0.15, -0.1) is 0 Å². The van der Waals surface area contributed by atoms with Crippen LogP contribution < -0.4 is 11.7 Å². The van der Waals surface area contributed by atoms with E-state index in [0.717, 1.165) is 22.0 Å². The summed E-state index contributed by atoms with van der Waals surface area (Å²) in [6.45, 7) is 5.35. The zero-order chi connectivity index (χ0) is 13.6. The molecule has 6 nitrogen and oxygen atoms in total. The van der Waals surface area contributed by atoms with Crippen LogP contribution in [-0.2, 0) is 0 Å². The van der Waals surface area contributed by atoms with Crippen LogP contribution in [0.15, 0.2) is 22.9 Å². The number of hydrogen-bond acceptors (Lipinski definition) is 4. The molecule has 6 heteroatoms. The summed E-state index contributed by atoms with van der Waals surface area (Å²) in [7, 11) is 1.41. The lowest BCUT2D eigenvalue weighted by molar-refractivity contribution is 0.176. The number of carbonyl (C=O) groups is 1. The number of aliphatic hydroxyl groups excluding tert-OH is 1. The van der Waals surface area contributed by atoms with Crippen LogP contribution in [0.25, 0.3) is 0 Å². The average molecular weight is 242 g/mol. The van der Waals surface area contributed by atoms with Crippen LogP contribution in [0.2, 0.25) is 0 Å². The highest BCUT2D eigenvalue weighted by Crippen LogP contribution is 2.16. The van der Waals surface area contributed by atoms with Crippen molar-refractivity contribution in [2.45, 2.75) is 27.2 Å². The Morgan fingerprint density at radius 2 is 1.88 bits per heavy atom. The Labute approximate surface area is 102 Å². The second-order valence-electron chi connectivity index (χ2n) is 3.78. The quantitative estimate of drug-likeness (QED) is 0.293. The van der Waals surface area contributed by atoms with Crippen LogP contribution >= 0.6 is 0 Å². The van der Waals surface area contributed by atoms with Crippen molar-refractivity contribution in [3.8, 4) is 0 Å². The molecule has 5 N–H and O–H groups in total. The maximum absolute atomic E-state index is 11.6. The first-order valence-electron chi connectivity index (χ1n) is 5.41. The Morgan fingerprint density at radius 1 is 1.35 bits per heavy atom. The molecule has 0 aromatic rings. The Hall–Kier alpha value is -1.37. The predicted molar refractivity (Wildman–Crippen MR) is 67.2 cm³/mol. The van der Waals surface area contributed by atoms with Gasteiger partial charge in [-0.05, 0) is 25.8 Å². The van der Waals surface area contributed by atoms with Crippen LogP contribution in [0.4, 0.5) is 4.79 Å². The lowest BCUT2D eigenvalue weighted by Crippen LogP contribution is -2.47. The zero-order valence-corrected chi connectivity index (χ0v) is 10.9. The van der Waals surface area contributed by atoms with Crippen molar-refractivity contribution in [3.63, 3.8) is 0 Å². The highest BCUT2D eigenvalue weighted by molar-refractivity contribution is 5.75. The van der Waals surface area contributed by atoms with Gasteiger partial charge in [0.2, 0.25) is 0 Å². The molecule has 17 heavy (non-hydrogen) atoms. The second-order valence-corrected chi connectivity index (χ2v) is 3.78. The summed E-state index contributed by atoms with van der Waals surface area (Å²) in [4.78, 5) is 11.6. The van der Waals surface area contributed by atoms with E-state index in [4.69, 9.17) is 11.7 Å². The van der Waals surface area contributed by atoms with E-state index in [9.17, 15) is 9.90 Å². The Kier molecular flexibility index (Phi) is 6.48. The van der Waals surface area contributed by atoms with Gasteiger partial charge in [-0.1, -0.05) is 13.0 Å². The largest absolute Gasteiger partial charge is 0.392 e. The van der Waals surface area contributed by atoms with Gasteiger partial charge in [-0.25, -0.2) is 21.5 Å². The first kappa shape index (κ1) is 15.6. The van der Waals surface area contributed by atoms with Crippen LogP contribution in [0.1, 0.15) is 27.2 Å². The summed E-state index contributed by atoms with van der Waals surface area (Å²) >= 11 is 0. The van der Waals surface area contributed by atoms with Crippen molar-refractivity contribution in [2.75, 3.05) is 13.7 Å². The minimum Gasteiger partial charge on any atom is -0.392 e. The van der Waals surface area contributed by atoms with Crippen molar-refractivity contribution in [3.05, 3.63) is 22.9 Å². The highest BCUT2D eigenvalue weighted by atomic mass is 16.3. The number of hydrogen-bond donors (Lipinski definition) is 3. The first-order valence-corrected chi connectivity index (χ1v) is 5.41. The molecule has 0 atom stereocenters. The molecule has 98 valence electrons. The molecule has 0 saturated heterocycles. The van der Waals surface area contributed by atoms with E-state index in [-0.39, 0.29) is 6.61 Å². The summed E-state index contributed by atoms with van der Waals surface area (Å²) in [6, 6.07) is -0.544. The molecule has 0 unspecified atom stereocenters. The minimum absolute atomic E-state index is 0.177. The van der Waals surface area contributed by atoms with Crippen molar-refractivity contribution in [2.24, 2.45) is 11.7 Å². The third kappa shape index (κ3) is 4.18.